The number of carbonyl (C=O) groups is 3. The lowest BCUT2D eigenvalue weighted by atomic mass is 10.1. The van der Waals surface area contributed by atoms with Crippen LogP contribution >= 0.6 is 0 Å². The van der Waals surface area contributed by atoms with E-state index in [0.29, 0.717) is 19.3 Å². The van der Waals surface area contributed by atoms with Crippen LogP contribution in [0.4, 0.5) is 0 Å². The zero-order valence-corrected chi connectivity index (χ0v) is 41.8. The van der Waals surface area contributed by atoms with E-state index < -0.39 is 6.10 Å². The average molecular weight is 917 g/mol. The Morgan fingerprint density at radius 1 is 0.313 bits per heavy atom. The van der Waals surface area contributed by atoms with Crippen molar-refractivity contribution in [1.29, 1.82) is 0 Å². The summed E-state index contributed by atoms with van der Waals surface area (Å²) in [7, 11) is 0. The van der Waals surface area contributed by atoms with Crippen LogP contribution in [-0.4, -0.2) is 37.2 Å². The van der Waals surface area contributed by atoms with Gasteiger partial charge in [0.1, 0.15) is 13.2 Å². The Bertz CT molecular complexity index is 1670. The van der Waals surface area contributed by atoms with Crippen molar-refractivity contribution in [3.63, 3.8) is 0 Å². The topological polar surface area (TPSA) is 78.9 Å². The molecule has 0 aromatic heterocycles. The third kappa shape index (κ3) is 51.4. The second-order valence-electron chi connectivity index (χ2n) is 15.9. The van der Waals surface area contributed by atoms with Crippen LogP contribution in [-0.2, 0) is 28.6 Å². The van der Waals surface area contributed by atoms with Crippen LogP contribution in [0, 0.1) is 0 Å². The normalized spacial score (nSPS) is 13.7. The first-order chi connectivity index (χ1) is 33.0. The van der Waals surface area contributed by atoms with Gasteiger partial charge in [-0.05, 0) is 89.9 Å². The third-order valence-corrected chi connectivity index (χ3v) is 9.68. The molecule has 6 heteroatoms. The summed E-state index contributed by atoms with van der Waals surface area (Å²) >= 11 is 0. The van der Waals surface area contributed by atoms with Gasteiger partial charge in [-0.3, -0.25) is 14.4 Å². The Hall–Kier alpha value is -5.49. The van der Waals surface area contributed by atoms with Crippen LogP contribution < -0.4 is 0 Å². The Morgan fingerprint density at radius 2 is 0.627 bits per heavy atom. The van der Waals surface area contributed by atoms with E-state index in [9.17, 15) is 14.4 Å². The van der Waals surface area contributed by atoms with E-state index in [1.54, 1.807) is 0 Å². The maximum Gasteiger partial charge on any atom is 0.306 e. The smallest absolute Gasteiger partial charge is 0.306 e. The summed E-state index contributed by atoms with van der Waals surface area (Å²) in [5.74, 6) is -1.09. The molecule has 0 amide bonds. The summed E-state index contributed by atoms with van der Waals surface area (Å²) in [5.41, 5.74) is 0. The van der Waals surface area contributed by atoms with Gasteiger partial charge < -0.3 is 14.2 Å². The molecule has 0 aliphatic carbocycles. The minimum absolute atomic E-state index is 0.138. The first-order valence-corrected chi connectivity index (χ1v) is 25.4. The Labute approximate surface area is 408 Å². The number of rotatable bonds is 42. The molecule has 0 heterocycles. The van der Waals surface area contributed by atoms with Crippen molar-refractivity contribution in [2.24, 2.45) is 0 Å². The molecule has 368 valence electrons. The summed E-state index contributed by atoms with van der Waals surface area (Å²) in [4.78, 5) is 38.0. The number of carbonyl (C=O) groups excluding carboxylic acids is 3. The molecule has 1 atom stereocenters. The quantitative estimate of drug-likeness (QED) is 0.0200. The van der Waals surface area contributed by atoms with Crippen LogP contribution in [0.3, 0.4) is 0 Å². The average Bonchev–Trinajstić information content (AvgIpc) is 3.33. The lowest BCUT2D eigenvalue weighted by Gasteiger charge is -2.18. The maximum atomic E-state index is 12.8. The number of unbranched alkanes of at least 4 members (excludes halogenated alkanes) is 10. The molecule has 0 rings (SSSR count). The van der Waals surface area contributed by atoms with E-state index in [2.05, 4.69) is 87.6 Å². The van der Waals surface area contributed by atoms with Gasteiger partial charge in [-0.1, -0.05) is 235 Å². The highest BCUT2D eigenvalue weighted by Crippen LogP contribution is 2.12. The van der Waals surface area contributed by atoms with E-state index in [1.807, 2.05) is 115 Å². The second kappa shape index (κ2) is 53.1. The highest BCUT2D eigenvalue weighted by Gasteiger charge is 2.19. The summed E-state index contributed by atoms with van der Waals surface area (Å²) in [5, 5.41) is 0. The first-order valence-electron chi connectivity index (χ1n) is 25.4. The van der Waals surface area contributed by atoms with E-state index in [4.69, 9.17) is 14.2 Å². The molecule has 1 unspecified atom stereocenters. The molecule has 0 saturated heterocycles. The van der Waals surface area contributed by atoms with Crippen LogP contribution in [0.1, 0.15) is 162 Å². The monoisotopic (exact) mass is 917 g/mol. The molecule has 6 nitrogen and oxygen atoms in total. The molecule has 0 N–H and O–H groups in total. The van der Waals surface area contributed by atoms with Crippen LogP contribution in [0.25, 0.3) is 0 Å². The zero-order chi connectivity index (χ0) is 48.6. The maximum absolute atomic E-state index is 12.8. The summed E-state index contributed by atoms with van der Waals surface area (Å²) in [6.45, 7) is 6.08. The minimum Gasteiger partial charge on any atom is -0.462 e. The number of allylic oxidation sites excluding steroid dienone is 30. The van der Waals surface area contributed by atoms with E-state index in [1.165, 1.54) is 12.8 Å². The summed E-state index contributed by atoms with van der Waals surface area (Å²) < 4.78 is 16.7. The molecule has 0 aromatic carbocycles. The summed E-state index contributed by atoms with van der Waals surface area (Å²) in [6, 6.07) is 0. The Kier molecular flexibility index (Phi) is 48.8. The highest BCUT2D eigenvalue weighted by molar-refractivity contribution is 5.71. The van der Waals surface area contributed by atoms with E-state index in [-0.39, 0.29) is 44.0 Å². The predicted octanol–water partition coefficient (Wildman–Crippen LogP) is 17.0. The van der Waals surface area contributed by atoms with Gasteiger partial charge in [0.2, 0.25) is 0 Å². The molecule has 0 fully saturated rings. The third-order valence-electron chi connectivity index (χ3n) is 9.68. The minimum atomic E-state index is -0.847. The fraction of sp³-hybridized carbons (Fsp3) is 0.459. The van der Waals surface area contributed by atoms with E-state index in [0.717, 1.165) is 96.3 Å². The van der Waals surface area contributed by atoms with Gasteiger partial charge in [0.15, 0.2) is 6.10 Å². The van der Waals surface area contributed by atoms with Crippen molar-refractivity contribution < 1.29 is 28.6 Å². The number of hydrogen-bond donors (Lipinski definition) is 0. The van der Waals surface area contributed by atoms with Gasteiger partial charge in [0.25, 0.3) is 0 Å². The Morgan fingerprint density at radius 3 is 1.09 bits per heavy atom. The van der Waals surface area contributed by atoms with Crippen molar-refractivity contribution in [2.45, 2.75) is 168 Å². The molecule has 0 bridgehead atoms. The highest BCUT2D eigenvalue weighted by atomic mass is 16.6. The molecule has 0 radical (unpaired) electrons. The molecule has 0 aromatic rings. The standard InChI is InChI=1S/C61H88O6/c1-4-7-10-13-16-19-22-25-27-29-30-32-33-36-39-42-45-48-51-54-60(63)66-57-58(56-65-59(62)53-50-47-44-41-38-35-24-21-18-15-12-9-6-3)67-61(64)55-52-49-46-43-40-37-34-31-28-26-23-20-17-14-11-8-5-2/h7-12,14-21,23-28,30-32,34-35,37-38,40-41,44,58H,4-6,13,22,29,33,36,39,42-43,45-57H2,1-3H3/b10-7-,11-8-,12-9-,17-14-,18-15-,19-16-,23-20-,24-21-,27-25-,28-26-,32-30-,34-31+,38-35-,40-37-,44-41-. The first kappa shape index (κ1) is 61.5. The van der Waals surface area contributed by atoms with Crippen LogP contribution in [0.5, 0.6) is 0 Å². The van der Waals surface area contributed by atoms with Gasteiger partial charge in [-0.2, -0.15) is 0 Å². The van der Waals surface area contributed by atoms with Crippen molar-refractivity contribution in [3.8, 4) is 0 Å². The van der Waals surface area contributed by atoms with Crippen molar-refractivity contribution in [3.05, 3.63) is 182 Å². The number of ether oxygens (including phenoxy) is 3. The van der Waals surface area contributed by atoms with Crippen molar-refractivity contribution in [2.75, 3.05) is 13.2 Å². The molecular formula is C61H88O6. The number of hydrogen-bond acceptors (Lipinski definition) is 6. The fourth-order valence-electron chi connectivity index (χ4n) is 5.96. The van der Waals surface area contributed by atoms with Crippen molar-refractivity contribution in [1.82, 2.24) is 0 Å². The summed E-state index contributed by atoms with van der Waals surface area (Å²) in [6.07, 6.45) is 80.2. The van der Waals surface area contributed by atoms with Crippen molar-refractivity contribution >= 4 is 17.9 Å². The largest absolute Gasteiger partial charge is 0.462 e. The number of esters is 3. The van der Waals surface area contributed by atoms with Gasteiger partial charge in [0.05, 0.1) is 0 Å². The van der Waals surface area contributed by atoms with Gasteiger partial charge in [-0.15, -0.1) is 0 Å². The molecule has 67 heavy (non-hydrogen) atoms. The van der Waals surface area contributed by atoms with Gasteiger partial charge in [-0.25, -0.2) is 0 Å². The Balaban J connectivity index is 4.63. The van der Waals surface area contributed by atoms with E-state index >= 15 is 0 Å². The molecule has 0 spiro atoms. The molecule has 0 aliphatic heterocycles. The second-order valence-corrected chi connectivity index (χ2v) is 15.9. The SMILES string of the molecule is CC\C=C/C=C\C=C/C=C\C=C/CCCC(=O)OCC(COC(=O)CCCCCCCC/C=C\C/C=C\C/C=C\C/C=C\CC)OC(=O)CCCCC\C=C/C=C/C=C\C=C/C=C\C=C/CC. The van der Waals surface area contributed by atoms with Gasteiger partial charge >= 0.3 is 17.9 Å². The van der Waals surface area contributed by atoms with Crippen LogP contribution in [0.15, 0.2) is 182 Å². The molecule has 0 saturated carbocycles. The lowest BCUT2D eigenvalue weighted by Crippen LogP contribution is -2.30. The molecule has 0 aliphatic rings. The van der Waals surface area contributed by atoms with Gasteiger partial charge in [0, 0.05) is 19.3 Å². The predicted molar refractivity (Wildman–Crippen MR) is 287 cm³/mol. The van der Waals surface area contributed by atoms with Crippen LogP contribution in [0.2, 0.25) is 0 Å². The lowest BCUT2D eigenvalue weighted by molar-refractivity contribution is -0.167. The fourth-order valence-corrected chi connectivity index (χ4v) is 5.96. The molecular weight excluding hydrogens is 829 g/mol. The zero-order valence-electron chi connectivity index (χ0n) is 41.8.